The van der Waals surface area contributed by atoms with Gasteiger partial charge in [0.2, 0.25) is 0 Å². The molecule has 2 aliphatic rings. The Morgan fingerprint density at radius 1 is 0.264 bits per heavy atom. The van der Waals surface area contributed by atoms with E-state index in [0.29, 0.717) is 0 Å². The molecule has 16 rings (SSSR count). The van der Waals surface area contributed by atoms with Gasteiger partial charge in [0.05, 0.1) is 11.4 Å². The summed E-state index contributed by atoms with van der Waals surface area (Å²) in [5.74, 6) is 0. The molecule has 0 fully saturated rings. The Morgan fingerprint density at radius 3 is 1.26 bits per heavy atom. The summed E-state index contributed by atoms with van der Waals surface area (Å²) in [4.78, 5) is 4.92. The number of anilines is 6. The third kappa shape index (κ3) is 8.56. The summed E-state index contributed by atoms with van der Waals surface area (Å²) in [5.41, 5.74) is 30.0. The van der Waals surface area contributed by atoms with E-state index in [9.17, 15) is 0 Å². The molecule has 0 radical (unpaired) electrons. The number of benzene rings is 13. The summed E-state index contributed by atoms with van der Waals surface area (Å²) in [7, 11) is 0. The Balaban J connectivity index is 0.794. The number of furan rings is 1. The Kier molecular flexibility index (Phi) is 12.2. The molecule has 2 aliphatic carbocycles. The SMILES string of the molecule is CC1(C)c2ccccc2-c2cccc(N(c3ccc(-c4ccccc4)cc3)c3cccc(-c4cccc5c4oc4ccc(-c6cccc7c6-c6cccc(N(c8ccc(-c9ccccc9)cc8)c8ccc(-c9ccccc9)cc8)c6C7(C)C)cc45)c3)c21. The van der Waals surface area contributed by atoms with Gasteiger partial charge in [0.1, 0.15) is 11.2 Å². The molecule has 87 heavy (non-hydrogen) atoms. The molecule has 1 heterocycles. The average Bonchev–Trinajstić information content (AvgIpc) is 1.86. The average molecular weight is 1120 g/mol. The van der Waals surface area contributed by atoms with E-state index < -0.39 is 0 Å². The van der Waals surface area contributed by atoms with E-state index in [1.54, 1.807) is 0 Å². The van der Waals surface area contributed by atoms with Crippen LogP contribution in [0.25, 0.3) is 99.8 Å². The van der Waals surface area contributed by atoms with Crippen LogP contribution in [-0.4, -0.2) is 0 Å². The first kappa shape index (κ1) is 51.9. The molecular weight excluding hydrogens is 1050 g/mol. The Morgan fingerprint density at radius 2 is 0.667 bits per heavy atom. The van der Waals surface area contributed by atoms with Crippen molar-refractivity contribution in [3.63, 3.8) is 0 Å². The first-order valence-corrected chi connectivity index (χ1v) is 30.3. The van der Waals surface area contributed by atoms with E-state index in [-0.39, 0.29) is 10.8 Å². The highest BCUT2D eigenvalue weighted by molar-refractivity contribution is 6.11. The van der Waals surface area contributed by atoms with Crippen molar-refractivity contribution < 1.29 is 4.42 Å². The van der Waals surface area contributed by atoms with E-state index in [4.69, 9.17) is 4.42 Å². The molecule has 3 heteroatoms. The number of fused-ring (bicyclic) bond motifs is 9. The van der Waals surface area contributed by atoms with Crippen LogP contribution in [0.4, 0.5) is 34.1 Å². The normalized spacial score (nSPS) is 13.2. The van der Waals surface area contributed by atoms with Crippen molar-refractivity contribution in [1.82, 2.24) is 0 Å². The minimum atomic E-state index is -0.331. The zero-order valence-electron chi connectivity index (χ0n) is 49.2. The van der Waals surface area contributed by atoms with Crippen LogP contribution >= 0.6 is 0 Å². The predicted molar refractivity (Wildman–Crippen MR) is 365 cm³/mol. The second-order valence-electron chi connectivity index (χ2n) is 24.4. The van der Waals surface area contributed by atoms with Gasteiger partial charge >= 0.3 is 0 Å². The van der Waals surface area contributed by atoms with Crippen LogP contribution in [0.2, 0.25) is 0 Å². The highest BCUT2D eigenvalue weighted by Gasteiger charge is 2.41. The van der Waals surface area contributed by atoms with Gasteiger partial charge in [-0.1, -0.05) is 258 Å². The maximum absolute atomic E-state index is 7.03. The summed E-state index contributed by atoms with van der Waals surface area (Å²) < 4.78 is 7.03. The quantitative estimate of drug-likeness (QED) is 0.129. The number of hydrogen-bond acceptors (Lipinski definition) is 3. The Bertz CT molecular complexity index is 4860. The summed E-state index contributed by atoms with van der Waals surface area (Å²) >= 11 is 0. The van der Waals surface area contributed by atoms with Crippen LogP contribution in [0.1, 0.15) is 49.9 Å². The van der Waals surface area contributed by atoms with Crippen molar-refractivity contribution in [2.24, 2.45) is 0 Å². The summed E-state index contributed by atoms with van der Waals surface area (Å²) in [6.45, 7) is 9.54. The fourth-order valence-electron chi connectivity index (χ4n) is 14.5. The number of para-hydroxylation sites is 1. The van der Waals surface area contributed by atoms with Crippen LogP contribution in [0.15, 0.2) is 308 Å². The molecule has 13 aromatic carbocycles. The van der Waals surface area contributed by atoms with E-state index in [0.717, 1.165) is 61.4 Å². The van der Waals surface area contributed by atoms with Gasteiger partial charge in [0.25, 0.3) is 0 Å². The topological polar surface area (TPSA) is 19.6 Å². The molecule has 0 spiro atoms. The fourth-order valence-corrected chi connectivity index (χ4v) is 14.5. The molecule has 414 valence electrons. The highest BCUT2D eigenvalue weighted by Crippen LogP contribution is 2.58. The summed E-state index contributed by atoms with van der Waals surface area (Å²) in [5, 5.41) is 2.18. The van der Waals surface area contributed by atoms with Gasteiger partial charge in [0, 0.05) is 49.9 Å². The second kappa shape index (κ2) is 20.5. The molecule has 0 saturated heterocycles. The highest BCUT2D eigenvalue weighted by atomic mass is 16.3. The molecule has 14 aromatic rings. The maximum atomic E-state index is 7.03. The third-order valence-electron chi connectivity index (χ3n) is 18.6. The lowest BCUT2D eigenvalue weighted by Gasteiger charge is -2.32. The lowest BCUT2D eigenvalue weighted by Crippen LogP contribution is -2.20. The van der Waals surface area contributed by atoms with Gasteiger partial charge in [0.15, 0.2) is 0 Å². The lowest BCUT2D eigenvalue weighted by atomic mass is 9.80. The maximum Gasteiger partial charge on any atom is 0.143 e. The minimum Gasteiger partial charge on any atom is -0.455 e. The van der Waals surface area contributed by atoms with Crippen LogP contribution in [0, 0.1) is 0 Å². The number of rotatable bonds is 11. The molecule has 0 aliphatic heterocycles. The van der Waals surface area contributed by atoms with E-state index in [2.05, 4.69) is 341 Å². The largest absolute Gasteiger partial charge is 0.455 e. The first-order chi connectivity index (χ1) is 42.7. The van der Waals surface area contributed by atoms with E-state index in [1.807, 2.05) is 0 Å². The molecule has 0 saturated carbocycles. The Hall–Kier alpha value is -10.7. The smallest absolute Gasteiger partial charge is 0.143 e. The van der Waals surface area contributed by atoms with Gasteiger partial charge in [-0.3, -0.25) is 0 Å². The third-order valence-corrected chi connectivity index (χ3v) is 18.6. The van der Waals surface area contributed by atoms with Crippen molar-refractivity contribution in [1.29, 1.82) is 0 Å². The van der Waals surface area contributed by atoms with Gasteiger partial charge in [-0.15, -0.1) is 0 Å². The van der Waals surface area contributed by atoms with E-state index in [1.165, 1.54) is 94.8 Å². The van der Waals surface area contributed by atoms with Crippen LogP contribution in [0.3, 0.4) is 0 Å². The zero-order chi connectivity index (χ0) is 58.4. The van der Waals surface area contributed by atoms with Crippen molar-refractivity contribution >= 4 is 56.1 Å². The monoisotopic (exact) mass is 1110 g/mol. The zero-order valence-corrected chi connectivity index (χ0v) is 49.2. The van der Waals surface area contributed by atoms with Crippen molar-refractivity contribution in [2.75, 3.05) is 9.80 Å². The van der Waals surface area contributed by atoms with Gasteiger partial charge in [-0.25, -0.2) is 0 Å². The van der Waals surface area contributed by atoms with Crippen LogP contribution < -0.4 is 9.80 Å². The molecule has 1 aromatic heterocycles. The molecule has 0 unspecified atom stereocenters. The number of nitrogens with zero attached hydrogens (tertiary/aromatic N) is 2. The van der Waals surface area contributed by atoms with Gasteiger partial charge < -0.3 is 14.2 Å². The summed E-state index contributed by atoms with van der Waals surface area (Å²) in [6.07, 6.45) is 0. The first-order valence-electron chi connectivity index (χ1n) is 30.3. The summed E-state index contributed by atoms with van der Waals surface area (Å²) in [6, 6.07) is 111. The van der Waals surface area contributed by atoms with Crippen molar-refractivity contribution in [3.05, 3.63) is 326 Å². The van der Waals surface area contributed by atoms with Crippen molar-refractivity contribution in [2.45, 2.75) is 38.5 Å². The minimum absolute atomic E-state index is 0.224. The van der Waals surface area contributed by atoms with Gasteiger partial charge in [-0.05, 0) is 167 Å². The van der Waals surface area contributed by atoms with E-state index >= 15 is 0 Å². The molecule has 0 bridgehead atoms. The molecule has 0 atom stereocenters. The molecule has 0 amide bonds. The molecule has 0 N–H and O–H groups in total. The van der Waals surface area contributed by atoms with Crippen molar-refractivity contribution in [3.8, 4) is 77.9 Å². The molecular formula is C84H62N2O. The standard InChI is InChI=1S/C84H62N2O/c1-83(2)74-35-15-14-29-69(74)70-32-19-37-76(80(70)83)86(65-50-43-60(44-51-65)57-25-12-7-13-26-57)66-28-16-27-61(53-66)68-31-17-33-71-73-54-62(45-52-78(73)87-82(68)71)67-30-18-36-75-79(67)72-34-20-38-77(81(72)84(75,3)4)85(63-46-39-58(40-47-63)55-21-8-5-9-22-55)64-48-41-59(42-49-64)56-23-10-6-11-24-56/h5-54H,1-4H3. The molecule has 3 nitrogen and oxygen atoms in total. The lowest BCUT2D eigenvalue weighted by molar-refractivity contribution is 0.660. The fraction of sp³-hybridized carbons (Fsp3) is 0.0714. The van der Waals surface area contributed by atoms with Gasteiger partial charge in [-0.2, -0.15) is 0 Å². The van der Waals surface area contributed by atoms with Crippen LogP contribution in [-0.2, 0) is 10.8 Å². The Labute approximate surface area is 509 Å². The van der Waals surface area contributed by atoms with Crippen LogP contribution in [0.5, 0.6) is 0 Å². The second-order valence-corrected chi connectivity index (χ2v) is 24.4. The predicted octanol–water partition coefficient (Wildman–Crippen LogP) is 23.5. The number of hydrogen-bond donors (Lipinski definition) is 0.